The summed E-state index contributed by atoms with van der Waals surface area (Å²) < 4.78 is 27.7. The number of benzene rings is 1. The minimum atomic E-state index is -3.34. The van der Waals surface area contributed by atoms with E-state index < -0.39 is 10.1 Å². The van der Waals surface area contributed by atoms with E-state index in [1.165, 1.54) is 12.7 Å². The van der Waals surface area contributed by atoms with Gasteiger partial charge in [0.1, 0.15) is 6.54 Å². The Hall–Kier alpha value is -1.17. The molecule has 0 amide bonds. The lowest BCUT2D eigenvalue weighted by Gasteiger charge is -2.29. The minimum absolute atomic E-state index is 0.0700. The Morgan fingerprint density at radius 2 is 1.85 bits per heavy atom. The second-order valence-electron chi connectivity index (χ2n) is 5.55. The van der Waals surface area contributed by atoms with Gasteiger partial charge < -0.3 is 4.48 Å². The van der Waals surface area contributed by atoms with Crippen LogP contribution in [-0.4, -0.2) is 46.4 Å². The number of hydrogen-bond acceptors (Lipinski definition) is 3. The van der Waals surface area contributed by atoms with Gasteiger partial charge in [-0.2, -0.15) is 8.42 Å². The van der Waals surface area contributed by atoms with E-state index in [1.807, 2.05) is 18.2 Å². The standard InChI is InChI=1S/C15H24NO3S/c1-5-14-7-9-15(10-8-14)13-16(2,3)11-6-12-20(17,18)19-4/h5,7-10H,1,6,11-13H2,2-4H3/q+1. The molecular weight excluding hydrogens is 274 g/mol. The first-order valence-corrected chi connectivity index (χ1v) is 8.17. The van der Waals surface area contributed by atoms with Crippen LogP contribution < -0.4 is 0 Å². The number of quaternary nitrogens is 1. The molecule has 112 valence electrons. The van der Waals surface area contributed by atoms with Gasteiger partial charge in [0.2, 0.25) is 0 Å². The van der Waals surface area contributed by atoms with Crippen molar-refractivity contribution in [2.24, 2.45) is 0 Å². The van der Waals surface area contributed by atoms with Crippen LogP contribution >= 0.6 is 0 Å². The lowest BCUT2D eigenvalue weighted by molar-refractivity contribution is -0.903. The van der Waals surface area contributed by atoms with Gasteiger partial charge in [0.25, 0.3) is 10.1 Å². The molecule has 1 aromatic rings. The molecule has 5 heteroatoms. The van der Waals surface area contributed by atoms with E-state index in [1.54, 1.807) is 0 Å². The maximum Gasteiger partial charge on any atom is 0.267 e. The normalized spacial score (nSPS) is 12.3. The van der Waals surface area contributed by atoms with Crippen molar-refractivity contribution in [1.82, 2.24) is 0 Å². The third-order valence-electron chi connectivity index (χ3n) is 3.24. The van der Waals surface area contributed by atoms with Crippen LogP contribution in [-0.2, 0) is 20.8 Å². The summed E-state index contributed by atoms with van der Waals surface area (Å²) in [5, 5.41) is 0. The Labute approximate surface area is 122 Å². The molecule has 0 saturated carbocycles. The maximum atomic E-state index is 11.3. The highest BCUT2D eigenvalue weighted by molar-refractivity contribution is 7.86. The highest BCUT2D eigenvalue weighted by Crippen LogP contribution is 2.12. The van der Waals surface area contributed by atoms with E-state index >= 15 is 0 Å². The molecule has 0 spiro atoms. The molecule has 0 bridgehead atoms. The largest absolute Gasteiger partial charge is 0.325 e. The van der Waals surface area contributed by atoms with Gasteiger partial charge in [-0.3, -0.25) is 4.18 Å². The van der Waals surface area contributed by atoms with Crippen LogP contribution in [0.4, 0.5) is 0 Å². The van der Waals surface area contributed by atoms with E-state index in [9.17, 15) is 8.42 Å². The molecule has 20 heavy (non-hydrogen) atoms. The van der Waals surface area contributed by atoms with Gasteiger partial charge in [-0.1, -0.05) is 36.9 Å². The molecule has 0 fully saturated rings. The summed E-state index contributed by atoms with van der Waals surface area (Å²) in [5.41, 5.74) is 2.33. The fourth-order valence-corrected chi connectivity index (χ4v) is 2.73. The second kappa shape index (κ2) is 7.02. The van der Waals surface area contributed by atoms with Crippen LogP contribution in [0.25, 0.3) is 6.08 Å². The Morgan fingerprint density at radius 3 is 2.35 bits per heavy atom. The maximum absolute atomic E-state index is 11.3. The van der Waals surface area contributed by atoms with Crippen molar-refractivity contribution < 1.29 is 17.1 Å². The van der Waals surface area contributed by atoms with Crippen LogP contribution in [0.2, 0.25) is 0 Å². The van der Waals surface area contributed by atoms with Gasteiger partial charge in [-0.05, 0) is 5.56 Å². The fourth-order valence-electron chi connectivity index (χ4n) is 2.09. The Kier molecular flexibility index (Phi) is 5.92. The van der Waals surface area contributed by atoms with Crippen molar-refractivity contribution in [2.45, 2.75) is 13.0 Å². The molecule has 0 atom stereocenters. The lowest BCUT2D eigenvalue weighted by Crippen LogP contribution is -2.40. The lowest BCUT2D eigenvalue weighted by atomic mass is 10.1. The molecule has 4 nitrogen and oxygen atoms in total. The van der Waals surface area contributed by atoms with E-state index in [-0.39, 0.29) is 5.75 Å². The van der Waals surface area contributed by atoms with Crippen molar-refractivity contribution in [3.8, 4) is 0 Å². The fraction of sp³-hybridized carbons (Fsp3) is 0.467. The highest BCUT2D eigenvalue weighted by Gasteiger charge is 2.18. The van der Waals surface area contributed by atoms with Gasteiger partial charge in [-0.15, -0.1) is 0 Å². The van der Waals surface area contributed by atoms with E-state index in [0.717, 1.165) is 23.1 Å². The molecule has 0 N–H and O–H groups in total. The Morgan fingerprint density at radius 1 is 1.25 bits per heavy atom. The summed E-state index contributed by atoms with van der Waals surface area (Å²) in [7, 11) is 2.06. The summed E-state index contributed by atoms with van der Waals surface area (Å²) in [4.78, 5) is 0. The molecule has 1 rings (SSSR count). The molecule has 0 radical (unpaired) electrons. The first-order valence-electron chi connectivity index (χ1n) is 6.60. The summed E-state index contributed by atoms with van der Waals surface area (Å²) in [6.45, 7) is 5.38. The molecule has 0 saturated heterocycles. The summed E-state index contributed by atoms with van der Waals surface area (Å²) in [6.07, 6.45) is 2.41. The van der Waals surface area contributed by atoms with Gasteiger partial charge in [-0.25, -0.2) is 0 Å². The van der Waals surface area contributed by atoms with Crippen molar-refractivity contribution >= 4 is 16.2 Å². The first kappa shape index (κ1) is 16.9. The smallest absolute Gasteiger partial charge is 0.267 e. The van der Waals surface area contributed by atoms with Crippen molar-refractivity contribution in [3.05, 3.63) is 42.0 Å². The third kappa shape index (κ3) is 5.86. The zero-order chi connectivity index (χ0) is 15.2. The molecule has 0 aliphatic carbocycles. The SMILES string of the molecule is C=Cc1ccc(C[N+](C)(C)CCCS(=O)(=O)OC)cc1. The Bertz CT molecular complexity index is 533. The zero-order valence-electron chi connectivity index (χ0n) is 12.5. The number of hydrogen-bond donors (Lipinski definition) is 0. The molecule has 0 aromatic heterocycles. The average molecular weight is 298 g/mol. The van der Waals surface area contributed by atoms with E-state index in [2.05, 4.69) is 37.0 Å². The third-order valence-corrected chi connectivity index (χ3v) is 4.53. The molecular formula is C15H24NO3S+. The first-order chi connectivity index (χ1) is 9.28. The highest BCUT2D eigenvalue weighted by atomic mass is 32.2. The zero-order valence-corrected chi connectivity index (χ0v) is 13.3. The molecule has 0 aliphatic rings. The van der Waals surface area contributed by atoms with Gasteiger partial charge in [0.15, 0.2) is 0 Å². The summed E-state index contributed by atoms with van der Waals surface area (Å²) >= 11 is 0. The van der Waals surface area contributed by atoms with E-state index in [0.29, 0.717) is 6.42 Å². The van der Waals surface area contributed by atoms with Gasteiger partial charge in [0.05, 0.1) is 33.5 Å². The molecule has 0 aliphatic heterocycles. The predicted octanol–water partition coefficient (Wildman–Crippen LogP) is 2.27. The van der Waals surface area contributed by atoms with Crippen molar-refractivity contribution in [2.75, 3.05) is 33.5 Å². The number of nitrogens with zero attached hydrogens (tertiary/aromatic N) is 1. The predicted molar refractivity (Wildman–Crippen MR) is 82.6 cm³/mol. The van der Waals surface area contributed by atoms with Gasteiger partial charge >= 0.3 is 0 Å². The minimum Gasteiger partial charge on any atom is -0.325 e. The van der Waals surface area contributed by atoms with Crippen molar-refractivity contribution in [3.63, 3.8) is 0 Å². The monoisotopic (exact) mass is 298 g/mol. The van der Waals surface area contributed by atoms with Crippen LogP contribution in [0, 0.1) is 0 Å². The second-order valence-corrected chi connectivity index (χ2v) is 7.40. The van der Waals surface area contributed by atoms with Crippen molar-refractivity contribution in [1.29, 1.82) is 0 Å². The van der Waals surface area contributed by atoms with Crippen LogP contribution in [0.15, 0.2) is 30.8 Å². The topological polar surface area (TPSA) is 43.4 Å². The van der Waals surface area contributed by atoms with Crippen LogP contribution in [0.5, 0.6) is 0 Å². The Balaban J connectivity index is 2.53. The van der Waals surface area contributed by atoms with Gasteiger partial charge in [0, 0.05) is 12.0 Å². The quantitative estimate of drug-likeness (QED) is 0.546. The van der Waals surface area contributed by atoms with Crippen LogP contribution in [0.3, 0.4) is 0 Å². The molecule has 1 aromatic carbocycles. The number of rotatable bonds is 8. The molecule has 0 unspecified atom stereocenters. The molecule has 0 heterocycles. The van der Waals surface area contributed by atoms with Crippen LogP contribution in [0.1, 0.15) is 17.5 Å². The summed E-state index contributed by atoms with van der Waals surface area (Å²) in [5.74, 6) is 0.0700. The average Bonchev–Trinajstić information content (AvgIpc) is 2.38. The summed E-state index contributed by atoms with van der Waals surface area (Å²) in [6, 6.07) is 8.25. The van der Waals surface area contributed by atoms with E-state index in [4.69, 9.17) is 0 Å².